The number of carbonyl (C=O) groups excluding carboxylic acids is 1. The predicted octanol–water partition coefficient (Wildman–Crippen LogP) is 3.66. The molecule has 0 aliphatic rings. The molecule has 0 unspecified atom stereocenters. The SMILES string of the molecule is CN(C)/C=C(\C(=O)c1cccc(F)c1)c1ccc(Cl)nc1. The summed E-state index contributed by atoms with van der Waals surface area (Å²) in [6, 6.07) is 8.93. The van der Waals surface area contributed by atoms with E-state index in [0.29, 0.717) is 16.3 Å². The van der Waals surface area contributed by atoms with E-state index in [1.54, 1.807) is 29.3 Å². The Balaban J connectivity index is 2.46. The Morgan fingerprint density at radius 3 is 2.57 bits per heavy atom. The van der Waals surface area contributed by atoms with E-state index in [9.17, 15) is 9.18 Å². The molecule has 0 amide bonds. The Morgan fingerprint density at radius 1 is 1.24 bits per heavy atom. The first-order valence-electron chi connectivity index (χ1n) is 6.28. The van der Waals surface area contributed by atoms with Crippen molar-refractivity contribution in [1.82, 2.24) is 9.88 Å². The fourth-order valence-electron chi connectivity index (χ4n) is 1.84. The fourth-order valence-corrected chi connectivity index (χ4v) is 1.95. The standard InChI is InChI=1S/C16H14ClFN2O/c1-20(2)10-14(12-6-7-15(17)19-9-12)16(21)11-4-3-5-13(18)8-11/h3-10H,1-2H3/b14-10-. The van der Waals surface area contributed by atoms with Gasteiger partial charge in [-0.1, -0.05) is 23.7 Å². The molecule has 21 heavy (non-hydrogen) atoms. The zero-order valence-electron chi connectivity index (χ0n) is 11.7. The molecule has 0 radical (unpaired) electrons. The van der Waals surface area contributed by atoms with Gasteiger partial charge < -0.3 is 4.90 Å². The van der Waals surface area contributed by atoms with Gasteiger partial charge in [0.25, 0.3) is 0 Å². The number of pyridine rings is 1. The van der Waals surface area contributed by atoms with E-state index in [4.69, 9.17) is 11.6 Å². The third kappa shape index (κ3) is 3.89. The molecule has 0 saturated heterocycles. The highest BCUT2D eigenvalue weighted by molar-refractivity contribution is 6.30. The van der Waals surface area contributed by atoms with Crippen molar-refractivity contribution in [3.05, 3.63) is 70.9 Å². The number of nitrogens with zero attached hydrogens (tertiary/aromatic N) is 2. The lowest BCUT2D eigenvalue weighted by atomic mass is 9.98. The van der Waals surface area contributed by atoms with E-state index in [1.807, 2.05) is 14.1 Å². The van der Waals surface area contributed by atoms with Crippen LogP contribution >= 0.6 is 11.6 Å². The van der Waals surface area contributed by atoms with E-state index in [-0.39, 0.29) is 11.3 Å². The van der Waals surface area contributed by atoms with Gasteiger partial charge in [-0.3, -0.25) is 4.79 Å². The zero-order valence-corrected chi connectivity index (χ0v) is 12.4. The summed E-state index contributed by atoms with van der Waals surface area (Å²) in [7, 11) is 3.62. The summed E-state index contributed by atoms with van der Waals surface area (Å²) in [5.41, 5.74) is 1.34. The van der Waals surface area contributed by atoms with Gasteiger partial charge in [-0.2, -0.15) is 0 Å². The zero-order chi connectivity index (χ0) is 15.4. The van der Waals surface area contributed by atoms with Gasteiger partial charge in [0.1, 0.15) is 11.0 Å². The average Bonchev–Trinajstić information content (AvgIpc) is 2.45. The van der Waals surface area contributed by atoms with Crippen LogP contribution in [0.1, 0.15) is 15.9 Å². The van der Waals surface area contributed by atoms with Gasteiger partial charge in [0, 0.05) is 43.2 Å². The van der Waals surface area contributed by atoms with E-state index in [0.717, 1.165) is 0 Å². The third-order valence-corrected chi connectivity index (χ3v) is 2.98. The second-order valence-electron chi connectivity index (χ2n) is 4.72. The fraction of sp³-hybridized carbons (Fsp3) is 0.125. The smallest absolute Gasteiger partial charge is 0.195 e. The van der Waals surface area contributed by atoms with Crippen molar-refractivity contribution >= 4 is 23.0 Å². The molecule has 0 bridgehead atoms. The third-order valence-electron chi connectivity index (χ3n) is 2.76. The number of ketones is 1. The molecule has 0 fully saturated rings. The lowest BCUT2D eigenvalue weighted by Gasteiger charge is -2.12. The van der Waals surface area contributed by atoms with Crippen LogP contribution in [0.25, 0.3) is 5.57 Å². The Labute approximate surface area is 127 Å². The van der Waals surface area contributed by atoms with Crippen LogP contribution in [0.2, 0.25) is 5.15 Å². The number of rotatable bonds is 4. The topological polar surface area (TPSA) is 33.2 Å². The number of hydrogen-bond acceptors (Lipinski definition) is 3. The van der Waals surface area contributed by atoms with Crippen LogP contribution in [0.4, 0.5) is 4.39 Å². The summed E-state index contributed by atoms with van der Waals surface area (Å²) in [5, 5.41) is 0.348. The highest BCUT2D eigenvalue weighted by Gasteiger charge is 2.16. The lowest BCUT2D eigenvalue weighted by Crippen LogP contribution is -2.09. The van der Waals surface area contributed by atoms with Gasteiger partial charge >= 0.3 is 0 Å². The van der Waals surface area contributed by atoms with E-state index < -0.39 is 5.82 Å². The van der Waals surface area contributed by atoms with E-state index >= 15 is 0 Å². The molecule has 2 rings (SSSR count). The van der Waals surface area contributed by atoms with Crippen molar-refractivity contribution in [2.24, 2.45) is 0 Å². The van der Waals surface area contributed by atoms with Crippen LogP contribution in [-0.4, -0.2) is 29.8 Å². The maximum atomic E-state index is 13.3. The first-order valence-corrected chi connectivity index (χ1v) is 6.65. The van der Waals surface area contributed by atoms with Crippen LogP contribution in [-0.2, 0) is 0 Å². The van der Waals surface area contributed by atoms with Gasteiger partial charge in [0.2, 0.25) is 0 Å². The van der Waals surface area contributed by atoms with Crippen molar-refractivity contribution in [1.29, 1.82) is 0 Å². The summed E-state index contributed by atoms with van der Waals surface area (Å²) in [6.45, 7) is 0. The van der Waals surface area contributed by atoms with E-state index in [1.165, 1.54) is 24.4 Å². The number of Topliss-reactive ketones (excluding diaryl/α,β-unsaturated/α-hetero) is 1. The highest BCUT2D eigenvalue weighted by atomic mass is 35.5. The summed E-state index contributed by atoms with van der Waals surface area (Å²) < 4.78 is 13.3. The predicted molar refractivity (Wildman–Crippen MR) is 81.6 cm³/mol. The van der Waals surface area contributed by atoms with Crippen molar-refractivity contribution < 1.29 is 9.18 Å². The highest BCUT2D eigenvalue weighted by Crippen LogP contribution is 2.21. The quantitative estimate of drug-likeness (QED) is 0.491. The molecule has 0 spiro atoms. The molecule has 1 heterocycles. The van der Waals surface area contributed by atoms with Crippen LogP contribution in [0, 0.1) is 5.82 Å². The Kier molecular flexibility index (Phi) is 4.70. The minimum atomic E-state index is -0.445. The Hall–Kier alpha value is -2.20. The van der Waals surface area contributed by atoms with Gasteiger partial charge in [-0.25, -0.2) is 9.37 Å². The van der Waals surface area contributed by atoms with Crippen molar-refractivity contribution in [2.45, 2.75) is 0 Å². The summed E-state index contributed by atoms with van der Waals surface area (Å²) in [4.78, 5) is 18.3. The number of carbonyl (C=O) groups is 1. The minimum absolute atomic E-state index is 0.271. The first-order chi connectivity index (χ1) is 9.97. The maximum Gasteiger partial charge on any atom is 0.195 e. The summed E-state index contributed by atoms with van der Waals surface area (Å²) in [5.74, 6) is -0.716. The number of benzene rings is 1. The summed E-state index contributed by atoms with van der Waals surface area (Å²) in [6.07, 6.45) is 3.20. The van der Waals surface area contributed by atoms with E-state index in [2.05, 4.69) is 4.98 Å². The average molecular weight is 305 g/mol. The molecule has 0 atom stereocenters. The van der Waals surface area contributed by atoms with Gasteiger partial charge in [-0.15, -0.1) is 0 Å². The largest absolute Gasteiger partial charge is 0.383 e. The molecule has 0 aliphatic carbocycles. The van der Waals surface area contributed by atoms with Crippen LogP contribution in [0.3, 0.4) is 0 Å². The Morgan fingerprint density at radius 2 is 2.00 bits per heavy atom. The number of hydrogen-bond donors (Lipinski definition) is 0. The van der Waals surface area contributed by atoms with Gasteiger partial charge in [-0.05, 0) is 24.3 Å². The second-order valence-corrected chi connectivity index (χ2v) is 5.10. The Bertz CT molecular complexity index is 681. The first kappa shape index (κ1) is 15.2. The van der Waals surface area contributed by atoms with Crippen molar-refractivity contribution in [3.63, 3.8) is 0 Å². The molecule has 0 aliphatic heterocycles. The number of aromatic nitrogens is 1. The lowest BCUT2D eigenvalue weighted by molar-refractivity contribution is 0.105. The molecule has 0 saturated carbocycles. The van der Waals surface area contributed by atoms with Gasteiger partial charge in [0.15, 0.2) is 5.78 Å². The van der Waals surface area contributed by atoms with Gasteiger partial charge in [0.05, 0.1) is 0 Å². The van der Waals surface area contributed by atoms with Crippen LogP contribution in [0.15, 0.2) is 48.8 Å². The number of allylic oxidation sites excluding steroid dienone is 1. The van der Waals surface area contributed by atoms with Crippen molar-refractivity contribution in [2.75, 3.05) is 14.1 Å². The maximum absolute atomic E-state index is 13.3. The molecular weight excluding hydrogens is 291 g/mol. The molecular formula is C16H14ClFN2O. The normalized spacial score (nSPS) is 11.3. The van der Waals surface area contributed by atoms with Crippen LogP contribution in [0.5, 0.6) is 0 Å². The minimum Gasteiger partial charge on any atom is -0.383 e. The molecule has 1 aromatic carbocycles. The van der Waals surface area contributed by atoms with Crippen LogP contribution < -0.4 is 0 Å². The molecule has 3 nitrogen and oxygen atoms in total. The molecule has 0 N–H and O–H groups in total. The molecule has 108 valence electrons. The van der Waals surface area contributed by atoms with Crippen molar-refractivity contribution in [3.8, 4) is 0 Å². The molecule has 2 aromatic rings. The summed E-state index contributed by atoms with van der Waals surface area (Å²) >= 11 is 5.76. The molecule has 5 heteroatoms. The molecule has 1 aromatic heterocycles. The monoisotopic (exact) mass is 304 g/mol. The number of halogens is 2. The second kappa shape index (κ2) is 6.50.